The number of benzene rings is 5. The van der Waals surface area contributed by atoms with Crippen LogP contribution in [0.25, 0.3) is 61.3 Å². The SMILES string of the molecule is Cc1ccc2c(oc3ccccc32)c1-c1n(-c2c(C(C)C)cc(-c3ccc(-c4cc(C(F)(F)F)cc(C(F)(F)F)c4)cc3)cc2C(C)C)cc[n+]1C. The van der Waals surface area contributed by atoms with Gasteiger partial charge in [0, 0.05) is 21.9 Å². The molecule has 0 spiro atoms. The molecule has 5 aromatic carbocycles. The van der Waals surface area contributed by atoms with E-state index < -0.39 is 23.5 Å². The lowest BCUT2D eigenvalue weighted by molar-refractivity contribution is -0.659. The Morgan fingerprint density at radius 3 is 1.71 bits per heavy atom. The summed E-state index contributed by atoms with van der Waals surface area (Å²) in [6, 6.07) is 24.8. The molecule has 0 aliphatic heterocycles. The van der Waals surface area contributed by atoms with Crippen molar-refractivity contribution in [1.29, 1.82) is 0 Å². The van der Waals surface area contributed by atoms with Gasteiger partial charge in [-0.2, -0.15) is 30.9 Å². The first-order valence-electron chi connectivity index (χ1n) is 17.1. The molecule has 0 aliphatic rings. The second-order valence-corrected chi connectivity index (χ2v) is 14.0. The van der Waals surface area contributed by atoms with Crippen LogP contribution in [0.4, 0.5) is 26.3 Å². The zero-order chi connectivity index (χ0) is 37.3. The minimum atomic E-state index is -4.92. The molecule has 0 bridgehead atoms. The maximum atomic E-state index is 13.6. The van der Waals surface area contributed by atoms with E-state index in [1.165, 1.54) is 0 Å². The molecule has 0 atom stereocenters. The number of imidazole rings is 1. The van der Waals surface area contributed by atoms with Crippen molar-refractivity contribution in [3.05, 3.63) is 131 Å². The summed E-state index contributed by atoms with van der Waals surface area (Å²) in [5, 5.41) is 2.09. The smallest absolute Gasteiger partial charge is 0.416 e. The molecular formula is C43H37F6N2O+. The highest BCUT2D eigenvalue weighted by Gasteiger charge is 2.37. The van der Waals surface area contributed by atoms with Gasteiger partial charge in [-0.3, -0.25) is 0 Å². The average molecular weight is 712 g/mol. The predicted octanol–water partition coefficient (Wildman–Crippen LogP) is 12.8. The molecule has 9 heteroatoms. The van der Waals surface area contributed by atoms with Crippen LogP contribution in [0.1, 0.15) is 67.3 Å². The molecular weight excluding hydrogens is 674 g/mol. The molecule has 0 N–H and O–H groups in total. The Morgan fingerprint density at radius 2 is 1.17 bits per heavy atom. The zero-order valence-corrected chi connectivity index (χ0v) is 29.5. The molecule has 0 fully saturated rings. The maximum Gasteiger partial charge on any atom is 0.416 e. The van der Waals surface area contributed by atoms with Crippen LogP contribution in [-0.2, 0) is 19.4 Å². The van der Waals surface area contributed by atoms with Crippen LogP contribution in [0.2, 0.25) is 0 Å². The van der Waals surface area contributed by atoms with Crippen molar-refractivity contribution in [3.63, 3.8) is 0 Å². The van der Waals surface area contributed by atoms with Gasteiger partial charge in [0.25, 0.3) is 5.82 Å². The van der Waals surface area contributed by atoms with Crippen molar-refractivity contribution < 1.29 is 35.3 Å². The summed E-state index contributed by atoms with van der Waals surface area (Å²) in [6.07, 6.45) is -5.74. The van der Waals surface area contributed by atoms with Crippen LogP contribution in [-0.4, -0.2) is 4.57 Å². The Bertz CT molecular complexity index is 2400. The second kappa shape index (κ2) is 12.7. The largest absolute Gasteiger partial charge is 0.455 e. The van der Waals surface area contributed by atoms with Gasteiger partial charge < -0.3 is 4.42 Å². The molecule has 3 nitrogen and oxygen atoms in total. The number of fused-ring (bicyclic) bond motifs is 3. The number of aryl methyl sites for hydroxylation is 2. The molecule has 7 rings (SSSR count). The van der Waals surface area contributed by atoms with E-state index >= 15 is 0 Å². The van der Waals surface area contributed by atoms with Crippen LogP contribution in [0, 0.1) is 6.92 Å². The second-order valence-electron chi connectivity index (χ2n) is 14.0. The minimum Gasteiger partial charge on any atom is -0.455 e. The number of para-hydroxylation sites is 1. The van der Waals surface area contributed by atoms with Crippen LogP contribution in [0.5, 0.6) is 0 Å². The summed E-state index contributed by atoms with van der Waals surface area (Å²) in [4.78, 5) is 0. The van der Waals surface area contributed by atoms with Crippen LogP contribution < -0.4 is 4.57 Å². The van der Waals surface area contributed by atoms with Crippen molar-refractivity contribution in [1.82, 2.24) is 4.57 Å². The van der Waals surface area contributed by atoms with E-state index in [0.717, 1.165) is 79.0 Å². The lowest BCUT2D eigenvalue weighted by Gasteiger charge is -2.20. The van der Waals surface area contributed by atoms with E-state index in [9.17, 15) is 26.3 Å². The van der Waals surface area contributed by atoms with Gasteiger partial charge in [-0.1, -0.05) is 82.3 Å². The van der Waals surface area contributed by atoms with Crippen LogP contribution >= 0.6 is 0 Å². The van der Waals surface area contributed by atoms with Gasteiger partial charge in [0.2, 0.25) is 0 Å². The third-order valence-corrected chi connectivity index (χ3v) is 9.77. The third kappa shape index (κ3) is 6.16. The van der Waals surface area contributed by atoms with Crippen LogP contribution in [0.15, 0.2) is 108 Å². The lowest BCUT2D eigenvalue weighted by atomic mass is 9.87. The van der Waals surface area contributed by atoms with E-state index in [-0.39, 0.29) is 29.0 Å². The molecule has 0 saturated heterocycles. The molecule has 7 aromatic rings. The number of aromatic nitrogens is 2. The lowest BCUT2D eigenvalue weighted by Crippen LogP contribution is -2.29. The number of hydrogen-bond acceptors (Lipinski definition) is 1. The van der Waals surface area contributed by atoms with Crippen molar-refractivity contribution in [2.24, 2.45) is 7.05 Å². The van der Waals surface area contributed by atoms with Crippen molar-refractivity contribution in [2.75, 3.05) is 0 Å². The zero-order valence-electron chi connectivity index (χ0n) is 29.5. The highest BCUT2D eigenvalue weighted by Crippen LogP contribution is 2.42. The normalized spacial score (nSPS) is 12.6. The Kier molecular flexibility index (Phi) is 8.59. The number of nitrogens with zero attached hydrogens (tertiary/aromatic N) is 2. The first-order chi connectivity index (χ1) is 24.5. The third-order valence-electron chi connectivity index (χ3n) is 9.77. The van der Waals surface area contributed by atoms with Crippen molar-refractivity contribution >= 4 is 21.9 Å². The van der Waals surface area contributed by atoms with Gasteiger partial charge in [0.05, 0.1) is 18.2 Å². The Labute approximate surface area is 297 Å². The summed E-state index contributed by atoms with van der Waals surface area (Å²) < 4.78 is 92.3. The molecule has 52 heavy (non-hydrogen) atoms. The Morgan fingerprint density at radius 1 is 0.635 bits per heavy atom. The molecule has 0 amide bonds. The minimum absolute atomic E-state index is 0.0984. The number of rotatable bonds is 6. The van der Waals surface area contributed by atoms with E-state index in [2.05, 4.69) is 80.3 Å². The molecule has 2 aromatic heterocycles. The molecule has 0 aliphatic carbocycles. The maximum absolute atomic E-state index is 13.6. The van der Waals surface area contributed by atoms with E-state index in [1.807, 2.05) is 31.4 Å². The number of furan rings is 1. The fourth-order valence-corrected chi connectivity index (χ4v) is 7.10. The standard InChI is InChI=1S/C43H37F6N2O/c1-24(2)35-21-30(28-14-12-27(13-15-28)29-19-31(42(44,45)46)23-32(20-29)43(47,48)49)22-36(25(3)4)39(35)51-18-17-50(6)41(51)38-26(5)11-16-34-33-9-7-8-10-37(33)52-40(34)38/h7-25H,1-6H3/q+1. The van der Waals surface area contributed by atoms with E-state index in [0.29, 0.717) is 0 Å². The molecule has 2 heterocycles. The predicted molar refractivity (Wildman–Crippen MR) is 193 cm³/mol. The highest BCUT2D eigenvalue weighted by molar-refractivity contribution is 6.09. The van der Waals surface area contributed by atoms with Gasteiger partial charge in [-0.05, 0) is 83.0 Å². The fourth-order valence-electron chi connectivity index (χ4n) is 7.10. The monoisotopic (exact) mass is 711 g/mol. The summed E-state index contributed by atoms with van der Waals surface area (Å²) in [7, 11) is 2.02. The van der Waals surface area contributed by atoms with Gasteiger partial charge in [-0.25, -0.2) is 4.57 Å². The van der Waals surface area contributed by atoms with Gasteiger partial charge in [0.1, 0.15) is 29.2 Å². The highest BCUT2D eigenvalue weighted by atomic mass is 19.4. The molecule has 0 radical (unpaired) electrons. The van der Waals surface area contributed by atoms with E-state index in [4.69, 9.17) is 4.42 Å². The fraction of sp³-hybridized carbons (Fsp3) is 0.233. The summed E-state index contributed by atoms with van der Waals surface area (Å²) in [6.45, 7) is 10.6. The molecule has 0 unspecified atom stereocenters. The Hall–Kier alpha value is -5.31. The topological polar surface area (TPSA) is 21.9 Å². The summed E-state index contributed by atoms with van der Waals surface area (Å²) in [5.74, 6) is 1.16. The average Bonchev–Trinajstić information content (AvgIpc) is 3.66. The quantitative estimate of drug-likeness (QED) is 0.124. The number of hydrogen-bond donors (Lipinski definition) is 0. The first kappa shape index (κ1) is 35.1. The number of alkyl halides is 6. The van der Waals surface area contributed by atoms with Crippen LogP contribution in [0.3, 0.4) is 0 Å². The van der Waals surface area contributed by atoms with Crippen molar-refractivity contribution in [2.45, 2.75) is 58.8 Å². The summed E-state index contributed by atoms with van der Waals surface area (Å²) >= 11 is 0. The Balaban J connectivity index is 1.38. The number of halogens is 6. The summed E-state index contributed by atoms with van der Waals surface area (Å²) in [5.41, 5.74) is 6.03. The molecule has 0 saturated carbocycles. The van der Waals surface area contributed by atoms with Crippen molar-refractivity contribution in [3.8, 4) is 39.3 Å². The van der Waals surface area contributed by atoms with E-state index in [1.54, 1.807) is 24.3 Å². The van der Waals surface area contributed by atoms with Gasteiger partial charge in [0.15, 0.2) is 5.58 Å². The van der Waals surface area contributed by atoms with Gasteiger partial charge in [-0.15, -0.1) is 0 Å². The molecule has 266 valence electrons. The van der Waals surface area contributed by atoms with Gasteiger partial charge >= 0.3 is 12.4 Å². The first-order valence-corrected chi connectivity index (χ1v) is 17.1.